The van der Waals surface area contributed by atoms with E-state index >= 15 is 0 Å². The lowest BCUT2D eigenvalue weighted by Gasteiger charge is -2.46. The second-order valence-corrected chi connectivity index (χ2v) is 6.14. The van der Waals surface area contributed by atoms with E-state index in [2.05, 4.69) is 10.6 Å². The molecular formula is C14H24N2O10. The first-order valence-corrected chi connectivity index (χ1v) is 7.79. The third-order valence-corrected chi connectivity index (χ3v) is 3.95. The summed E-state index contributed by atoms with van der Waals surface area (Å²) in [5.41, 5.74) is 0. The van der Waals surface area contributed by atoms with Gasteiger partial charge in [-0.3, -0.25) is 9.59 Å². The lowest BCUT2D eigenvalue weighted by Crippen LogP contribution is -2.69. The molecule has 0 aromatic rings. The number of hydrogen-bond acceptors (Lipinski definition) is 9. The van der Waals surface area contributed by atoms with Crippen LogP contribution >= 0.6 is 0 Å². The van der Waals surface area contributed by atoms with Gasteiger partial charge in [-0.25, -0.2) is 4.79 Å². The van der Waals surface area contributed by atoms with E-state index in [1.54, 1.807) is 0 Å². The van der Waals surface area contributed by atoms with Gasteiger partial charge in [-0.05, 0) is 6.92 Å². The first-order valence-electron chi connectivity index (χ1n) is 7.79. The molecular weight excluding hydrogens is 356 g/mol. The summed E-state index contributed by atoms with van der Waals surface area (Å²) in [5, 5.41) is 62.0. The quantitative estimate of drug-likeness (QED) is 0.213. The maximum Gasteiger partial charge on any atom is 0.364 e. The van der Waals surface area contributed by atoms with Gasteiger partial charge in [0.15, 0.2) is 6.10 Å². The average Bonchev–Trinajstić information content (AvgIpc) is 2.53. The molecule has 1 fully saturated rings. The fourth-order valence-electron chi connectivity index (χ4n) is 2.64. The molecule has 0 spiro atoms. The minimum atomic E-state index is -2.83. The first kappa shape index (κ1) is 22.2. The Labute approximate surface area is 148 Å². The number of carboxylic acid groups (broad SMARTS) is 1. The molecule has 150 valence electrons. The number of carbonyl (C=O) groups is 3. The monoisotopic (exact) mass is 380 g/mol. The second-order valence-electron chi connectivity index (χ2n) is 6.14. The zero-order valence-electron chi connectivity index (χ0n) is 14.2. The van der Waals surface area contributed by atoms with Crippen molar-refractivity contribution < 1.29 is 49.8 Å². The summed E-state index contributed by atoms with van der Waals surface area (Å²) in [6, 6.07) is -2.72. The molecule has 0 aromatic carbocycles. The Bertz CT molecular complexity index is 542. The van der Waals surface area contributed by atoms with Crippen molar-refractivity contribution in [1.29, 1.82) is 0 Å². The Kier molecular flexibility index (Phi) is 7.44. The van der Waals surface area contributed by atoms with Crippen LogP contribution in [0.4, 0.5) is 0 Å². The van der Waals surface area contributed by atoms with E-state index in [1.165, 1.54) is 6.92 Å². The molecule has 8 N–H and O–H groups in total. The Morgan fingerprint density at radius 2 is 1.88 bits per heavy atom. The number of carboxylic acids is 1. The number of aliphatic carboxylic acids is 1. The van der Waals surface area contributed by atoms with Gasteiger partial charge in [-0.2, -0.15) is 0 Å². The smallest absolute Gasteiger partial charge is 0.364 e. The van der Waals surface area contributed by atoms with Gasteiger partial charge in [-0.15, -0.1) is 0 Å². The molecule has 0 saturated carbocycles. The van der Waals surface area contributed by atoms with Gasteiger partial charge in [0, 0.05) is 13.3 Å². The number of hydrogen-bond donors (Lipinski definition) is 8. The summed E-state index contributed by atoms with van der Waals surface area (Å²) in [4.78, 5) is 34.5. The number of aliphatic hydroxyl groups excluding tert-OH is 4. The van der Waals surface area contributed by atoms with E-state index < -0.39 is 73.1 Å². The van der Waals surface area contributed by atoms with Crippen LogP contribution in [0.25, 0.3) is 0 Å². The van der Waals surface area contributed by atoms with Gasteiger partial charge in [0.2, 0.25) is 5.91 Å². The fraction of sp³-hybridized carbons (Fsp3) is 0.786. The summed E-state index contributed by atoms with van der Waals surface area (Å²) in [6.07, 6.45) is -7.17. The van der Waals surface area contributed by atoms with Crippen molar-refractivity contribution in [2.24, 2.45) is 0 Å². The van der Waals surface area contributed by atoms with Gasteiger partial charge in [0.25, 0.3) is 11.7 Å². The van der Waals surface area contributed by atoms with Crippen molar-refractivity contribution in [2.75, 3.05) is 6.61 Å². The van der Waals surface area contributed by atoms with Crippen molar-refractivity contribution in [3.63, 3.8) is 0 Å². The van der Waals surface area contributed by atoms with Crippen LogP contribution in [0.1, 0.15) is 20.3 Å². The molecule has 12 heteroatoms. The third-order valence-electron chi connectivity index (χ3n) is 3.95. The summed E-state index contributed by atoms with van der Waals surface area (Å²) in [5.74, 6) is -6.36. The lowest BCUT2D eigenvalue weighted by molar-refractivity contribution is -0.283. The van der Waals surface area contributed by atoms with E-state index in [0.717, 1.165) is 6.92 Å². The van der Waals surface area contributed by atoms with Gasteiger partial charge in [0.1, 0.15) is 6.10 Å². The molecule has 1 saturated heterocycles. The number of nitrogens with one attached hydrogen (secondary N) is 2. The minimum absolute atomic E-state index is 0.616. The molecule has 1 aliphatic heterocycles. The predicted octanol–water partition coefficient (Wildman–Crippen LogP) is -4.37. The molecule has 0 aliphatic carbocycles. The van der Waals surface area contributed by atoms with Crippen LogP contribution in [0.3, 0.4) is 0 Å². The highest BCUT2D eigenvalue weighted by molar-refractivity contribution is 5.81. The van der Waals surface area contributed by atoms with E-state index in [0.29, 0.717) is 0 Å². The van der Waals surface area contributed by atoms with Crippen molar-refractivity contribution in [1.82, 2.24) is 10.6 Å². The number of rotatable bonds is 7. The van der Waals surface area contributed by atoms with Crippen molar-refractivity contribution in [3.8, 4) is 0 Å². The van der Waals surface area contributed by atoms with Crippen molar-refractivity contribution in [2.45, 2.75) is 62.6 Å². The molecule has 0 radical (unpaired) electrons. The van der Waals surface area contributed by atoms with Crippen LogP contribution < -0.4 is 10.6 Å². The maximum atomic E-state index is 11.8. The van der Waals surface area contributed by atoms with E-state index in [1.807, 2.05) is 0 Å². The Balaban J connectivity index is 3.22. The fourth-order valence-corrected chi connectivity index (χ4v) is 2.64. The Morgan fingerprint density at radius 3 is 2.31 bits per heavy atom. The van der Waals surface area contributed by atoms with E-state index in [4.69, 9.17) is 14.9 Å². The molecule has 12 nitrogen and oxygen atoms in total. The van der Waals surface area contributed by atoms with Gasteiger partial charge in [-0.1, -0.05) is 0 Å². The Morgan fingerprint density at radius 1 is 1.31 bits per heavy atom. The molecule has 1 aliphatic rings. The summed E-state index contributed by atoms with van der Waals surface area (Å²) >= 11 is 0. The molecule has 7 atom stereocenters. The molecule has 26 heavy (non-hydrogen) atoms. The number of aliphatic hydroxyl groups is 5. The molecule has 1 unspecified atom stereocenters. The first-order chi connectivity index (χ1) is 11.9. The maximum absolute atomic E-state index is 11.8. The molecule has 1 heterocycles. The molecule has 0 bridgehead atoms. The summed E-state index contributed by atoms with van der Waals surface area (Å²) in [7, 11) is 0. The van der Waals surface area contributed by atoms with Crippen LogP contribution in [0.2, 0.25) is 0 Å². The third kappa shape index (κ3) is 5.09. The average molecular weight is 380 g/mol. The van der Waals surface area contributed by atoms with Crippen LogP contribution in [0.5, 0.6) is 0 Å². The number of ether oxygens (including phenoxy) is 1. The van der Waals surface area contributed by atoms with Crippen LogP contribution in [0.15, 0.2) is 0 Å². The highest BCUT2D eigenvalue weighted by atomic mass is 16.7. The largest absolute Gasteiger partial charge is 0.477 e. The van der Waals surface area contributed by atoms with Gasteiger partial charge < -0.3 is 46.0 Å². The van der Waals surface area contributed by atoms with Gasteiger partial charge in [0.05, 0.1) is 30.9 Å². The van der Waals surface area contributed by atoms with E-state index in [9.17, 15) is 34.8 Å². The molecule has 0 aromatic heterocycles. The predicted molar refractivity (Wildman–Crippen MR) is 82.4 cm³/mol. The minimum Gasteiger partial charge on any atom is -0.477 e. The number of amides is 2. The van der Waals surface area contributed by atoms with Crippen LogP contribution in [0, 0.1) is 0 Å². The lowest BCUT2D eigenvalue weighted by atomic mass is 9.87. The van der Waals surface area contributed by atoms with Crippen molar-refractivity contribution in [3.05, 3.63) is 0 Å². The van der Waals surface area contributed by atoms with Crippen LogP contribution in [-0.2, 0) is 19.1 Å². The number of carbonyl (C=O) groups excluding carboxylic acids is 2. The second kappa shape index (κ2) is 8.70. The van der Waals surface area contributed by atoms with E-state index in [-0.39, 0.29) is 0 Å². The molecule has 1 rings (SSSR count). The topological polar surface area (TPSA) is 206 Å². The summed E-state index contributed by atoms with van der Waals surface area (Å²) < 4.78 is 5.12. The van der Waals surface area contributed by atoms with Crippen LogP contribution in [-0.4, -0.2) is 97.3 Å². The SMILES string of the molecule is CC(=O)N[C@@H]1[C@H]([C@@H](NC(=O)C(O)CO)[C@H](C)O)O[C@](O)(C(=O)O)C[C@@H]1O. The zero-order chi connectivity index (χ0) is 20.2. The zero-order valence-corrected chi connectivity index (χ0v) is 14.2. The van der Waals surface area contributed by atoms with Gasteiger partial charge >= 0.3 is 5.97 Å². The molecule has 2 amide bonds. The standard InChI is InChI=1S/C14H24N2O10/c1-5(18)9(16-12(22)8(21)4-17)11-10(15-6(2)19)7(20)3-14(25,26-11)13(23)24/h5,7-11,17-18,20-21,25H,3-4H2,1-2H3,(H,15,19)(H,16,22)(H,23,24)/t5-,7-,8?,9-,10-,11-,14-/m0/s1. The Hall–Kier alpha value is -1.83. The normalized spacial score (nSPS) is 32.2. The van der Waals surface area contributed by atoms with Crippen molar-refractivity contribution >= 4 is 17.8 Å². The highest BCUT2D eigenvalue weighted by Gasteiger charge is 2.54. The highest BCUT2D eigenvalue weighted by Crippen LogP contribution is 2.30. The summed E-state index contributed by atoms with van der Waals surface area (Å²) in [6.45, 7) is 1.40.